The van der Waals surface area contributed by atoms with Crippen molar-refractivity contribution in [2.45, 2.75) is 40.8 Å². The summed E-state index contributed by atoms with van der Waals surface area (Å²) >= 11 is 0. The van der Waals surface area contributed by atoms with Crippen LogP contribution in [0.5, 0.6) is 0 Å². The molecule has 86 valence electrons. The van der Waals surface area contributed by atoms with Gasteiger partial charge in [-0.2, -0.15) is 0 Å². The molecule has 0 heterocycles. The lowest BCUT2D eigenvalue weighted by Crippen LogP contribution is -2.57. The Labute approximate surface area is 91.0 Å². The second-order valence-corrected chi connectivity index (χ2v) is 8.77. The highest BCUT2D eigenvalue weighted by Gasteiger charge is 2.34. The Balaban J connectivity index is 4.41. The molecule has 0 saturated heterocycles. The predicted molar refractivity (Wildman–Crippen MR) is 65.9 cm³/mol. The summed E-state index contributed by atoms with van der Waals surface area (Å²) in [5.74, 6) is 0. The molecule has 0 aliphatic heterocycles. The maximum Gasteiger partial charge on any atom is 0.245 e. The minimum atomic E-state index is -1.43. The van der Waals surface area contributed by atoms with Crippen molar-refractivity contribution >= 4 is 8.32 Å². The van der Waals surface area contributed by atoms with Crippen molar-refractivity contribution in [2.75, 3.05) is 32.4 Å². The predicted octanol–water partition coefficient (Wildman–Crippen LogP) is 2.64. The molecule has 0 spiro atoms. The molecule has 0 atom stereocenters. The second-order valence-electron chi connectivity index (χ2n) is 4.64. The summed E-state index contributed by atoms with van der Waals surface area (Å²) in [4.78, 5) is 0. The van der Waals surface area contributed by atoms with E-state index in [1.807, 2.05) is 0 Å². The normalized spacial score (nSPS) is 13.3. The van der Waals surface area contributed by atoms with Crippen LogP contribution in [0.2, 0.25) is 13.1 Å². The largest absolute Gasteiger partial charge is 0.411 e. The van der Waals surface area contributed by atoms with Gasteiger partial charge in [-0.25, -0.2) is 0 Å². The molecule has 0 fully saturated rings. The van der Waals surface area contributed by atoms with Crippen LogP contribution < -0.4 is 0 Å². The molecular formula is C11H28NOSi+. The van der Waals surface area contributed by atoms with Crippen LogP contribution in [0.4, 0.5) is 0 Å². The third-order valence-corrected chi connectivity index (χ3v) is 5.77. The number of nitrogens with zero attached hydrogens (tertiary/aromatic N) is 1. The molecule has 0 radical (unpaired) electrons. The summed E-state index contributed by atoms with van der Waals surface area (Å²) in [6.45, 7) is 18.2. The van der Waals surface area contributed by atoms with E-state index >= 15 is 0 Å². The van der Waals surface area contributed by atoms with Crippen LogP contribution in [-0.4, -0.2) is 45.2 Å². The lowest BCUT2D eigenvalue weighted by atomic mass is 10.4. The Morgan fingerprint density at radius 1 is 0.929 bits per heavy atom. The Morgan fingerprint density at radius 2 is 1.36 bits per heavy atom. The smallest absolute Gasteiger partial charge is 0.245 e. The van der Waals surface area contributed by atoms with Gasteiger partial charge in [0.2, 0.25) is 8.32 Å². The maximum atomic E-state index is 5.91. The molecule has 0 aromatic rings. The van der Waals surface area contributed by atoms with E-state index in [-0.39, 0.29) is 0 Å². The van der Waals surface area contributed by atoms with Crippen molar-refractivity contribution in [2.24, 2.45) is 0 Å². The van der Waals surface area contributed by atoms with Crippen LogP contribution >= 0.6 is 0 Å². The van der Waals surface area contributed by atoms with Gasteiger partial charge < -0.3 is 8.91 Å². The minimum Gasteiger partial charge on any atom is -0.411 e. The van der Waals surface area contributed by atoms with E-state index in [0.29, 0.717) is 0 Å². The molecule has 0 amide bonds. The van der Waals surface area contributed by atoms with Gasteiger partial charge in [-0.3, -0.25) is 0 Å². The first kappa shape index (κ1) is 14.1. The van der Waals surface area contributed by atoms with Crippen LogP contribution in [0.1, 0.15) is 27.7 Å². The molecule has 14 heavy (non-hydrogen) atoms. The average molecular weight is 218 g/mol. The lowest BCUT2D eigenvalue weighted by Gasteiger charge is -2.40. The Morgan fingerprint density at radius 3 is 1.64 bits per heavy atom. The Kier molecular flexibility index (Phi) is 5.94. The van der Waals surface area contributed by atoms with Gasteiger partial charge in [0.05, 0.1) is 25.8 Å². The van der Waals surface area contributed by atoms with Gasteiger partial charge in [0.1, 0.15) is 0 Å². The monoisotopic (exact) mass is 218 g/mol. The molecule has 0 aliphatic rings. The van der Waals surface area contributed by atoms with Gasteiger partial charge in [-0.15, -0.1) is 0 Å². The average Bonchev–Trinajstić information content (AvgIpc) is 2.14. The highest BCUT2D eigenvalue weighted by molar-refractivity contribution is 6.71. The van der Waals surface area contributed by atoms with Crippen molar-refractivity contribution in [3.05, 3.63) is 0 Å². The SMILES string of the molecule is CCO[Si](C)(C)C[N+](CC)(CC)CC. The van der Waals surface area contributed by atoms with Crippen LogP contribution in [0.3, 0.4) is 0 Å². The van der Waals surface area contributed by atoms with Crippen LogP contribution in [0, 0.1) is 0 Å². The van der Waals surface area contributed by atoms with Gasteiger partial charge in [0, 0.05) is 6.61 Å². The molecule has 0 saturated carbocycles. The van der Waals surface area contributed by atoms with Gasteiger partial charge in [0.15, 0.2) is 0 Å². The first-order valence-electron chi connectivity index (χ1n) is 5.94. The fraction of sp³-hybridized carbons (Fsp3) is 1.00. The quantitative estimate of drug-likeness (QED) is 0.471. The van der Waals surface area contributed by atoms with Crippen molar-refractivity contribution in [3.8, 4) is 0 Å². The van der Waals surface area contributed by atoms with E-state index < -0.39 is 8.32 Å². The van der Waals surface area contributed by atoms with Crippen molar-refractivity contribution in [1.29, 1.82) is 0 Å². The van der Waals surface area contributed by atoms with Crippen LogP contribution in [-0.2, 0) is 4.43 Å². The zero-order valence-corrected chi connectivity index (χ0v) is 11.9. The minimum absolute atomic E-state index is 0.871. The van der Waals surface area contributed by atoms with Gasteiger partial charge in [0.25, 0.3) is 0 Å². The Bertz CT molecular complexity index is 147. The van der Waals surface area contributed by atoms with Crippen molar-refractivity contribution < 1.29 is 8.91 Å². The third kappa shape index (κ3) is 4.11. The molecule has 3 heteroatoms. The summed E-state index contributed by atoms with van der Waals surface area (Å²) in [6, 6.07) is 0. The summed E-state index contributed by atoms with van der Waals surface area (Å²) in [5.41, 5.74) is 0. The van der Waals surface area contributed by atoms with Gasteiger partial charge in [-0.05, 0) is 40.8 Å². The van der Waals surface area contributed by atoms with Crippen molar-refractivity contribution in [3.63, 3.8) is 0 Å². The van der Waals surface area contributed by atoms with E-state index in [9.17, 15) is 0 Å². The topological polar surface area (TPSA) is 9.23 Å². The number of quaternary nitrogens is 1. The second kappa shape index (κ2) is 5.88. The van der Waals surface area contributed by atoms with E-state index in [0.717, 1.165) is 6.61 Å². The fourth-order valence-corrected chi connectivity index (χ4v) is 5.41. The Hall–Kier alpha value is 0.137. The maximum absolute atomic E-state index is 5.91. The first-order chi connectivity index (χ1) is 6.45. The van der Waals surface area contributed by atoms with E-state index in [2.05, 4.69) is 40.8 Å². The highest BCUT2D eigenvalue weighted by atomic mass is 28.4. The zero-order valence-electron chi connectivity index (χ0n) is 10.9. The molecule has 0 aromatic carbocycles. The summed E-state index contributed by atoms with van der Waals surface area (Å²) in [5, 5.41) is 0. The molecule has 0 aromatic heterocycles. The first-order valence-corrected chi connectivity index (χ1v) is 9.06. The third-order valence-electron chi connectivity index (χ3n) is 3.26. The van der Waals surface area contributed by atoms with Gasteiger partial charge >= 0.3 is 0 Å². The number of hydrogen-bond acceptors (Lipinski definition) is 1. The molecule has 2 nitrogen and oxygen atoms in total. The summed E-state index contributed by atoms with van der Waals surface area (Å²) in [6.07, 6.45) is 1.25. The van der Waals surface area contributed by atoms with Crippen LogP contribution in [0.15, 0.2) is 0 Å². The summed E-state index contributed by atoms with van der Waals surface area (Å²) in [7, 11) is -1.43. The fourth-order valence-electron chi connectivity index (χ4n) is 2.25. The van der Waals surface area contributed by atoms with E-state index in [1.165, 1.54) is 30.3 Å². The van der Waals surface area contributed by atoms with Gasteiger partial charge in [-0.1, -0.05) is 0 Å². The van der Waals surface area contributed by atoms with Crippen molar-refractivity contribution in [1.82, 2.24) is 0 Å². The van der Waals surface area contributed by atoms with E-state index in [4.69, 9.17) is 4.43 Å². The molecule has 0 unspecified atom stereocenters. The number of rotatable bonds is 7. The molecule has 0 rings (SSSR count). The van der Waals surface area contributed by atoms with E-state index in [1.54, 1.807) is 0 Å². The lowest BCUT2D eigenvalue weighted by molar-refractivity contribution is -0.914. The molecule has 0 bridgehead atoms. The molecule has 0 N–H and O–H groups in total. The summed E-state index contributed by atoms with van der Waals surface area (Å²) < 4.78 is 7.14. The molecular weight excluding hydrogens is 190 g/mol. The number of hydrogen-bond donors (Lipinski definition) is 0. The molecule has 0 aliphatic carbocycles. The zero-order chi connectivity index (χ0) is 11.2. The highest BCUT2D eigenvalue weighted by Crippen LogP contribution is 2.14. The van der Waals surface area contributed by atoms with Crippen LogP contribution in [0.25, 0.3) is 0 Å². The standard InChI is InChI=1S/C11H28NOSi/c1-7-12(8-2,9-3)11-14(5,6)13-10-4/h7-11H2,1-6H3/q+1.